The molecule has 10 heteroatoms. The lowest BCUT2D eigenvalue weighted by Gasteiger charge is -2.35. The lowest BCUT2D eigenvalue weighted by Crippen LogP contribution is -2.49. The number of anilines is 1. The van der Waals surface area contributed by atoms with E-state index in [2.05, 4.69) is 25.1 Å². The molecule has 5 heterocycles. The molecule has 1 saturated heterocycles. The van der Waals surface area contributed by atoms with Crippen LogP contribution in [0.2, 0.25) is 0 Å². The van der Waals surface area contributed by atoms with Crippen molar-refractivity contribution in [2.24, 2.45) is 0 Å². The molecule has 5 rings (SSSR count). The molecule has 1 amide bonds. The number of carbonyl (C=O) groups is 1. The van der Waals surface area contributed by atoms with E-state index in [1.807, 2.05) is 48.2 Å². The van der Waals surface area contributed by atoms with Gasteiger partial charge in [-0.1, -0.05) is 11.2 Å². The van der Waals surface area contributed by atoms with Crippen molar-refractivity contribution in [2.45, 2.75) is 13.8 Å². The zero-order chi connectivity index (χ0) is 21.4. The van der Waals surface area contributed by atoms with E-state index in [4.69, 9.17) is 4.52 Å². The van der Waals surface area contributed by atoms with Crippen molar-refractivity contribution in [2.75, 3.05) is 31.1 Å². The van der Waals surface area contributed by atoms with Crippen LogP contribution in [0, 0.1) is 13.8 Å². The maximum atomic E-state index is 12.9. The van der Waals surface area contributed by atoms with Gasteiger partial charge in [-0.25, -0.2) is 14.6 Å². The summed E-state index contributed by atoms with van der Waals surface area (Å²) in [5.74, 6) is 2.07. The van der Waals surface area contributed by atoms with E-state index in [0.29, 0.717) is 37.6 Å². The minimum atomic E-state index is -0.114. The summed E-state index contributed by atoms with van der Waals surface area (Å²) in [6.07, 6.45) is 1.56. The van der Waals surface area contributed by atoms with Crippen molar-refractivity contribution in [1.82, 2.24) is 29.8 Å². The molecule has 0 radical (unpaired) electrons. The maximum Gasteiger partial charge on any atom is 0.276 e. The summed E-state index contributed by atoms with van der Waals surface area (Å²) in [6, 6.07) is 9.55. The fourth-order valence-electron chi connectivity index (χ4n) is 3.70. The average Bonchev–Trinajstić information content (AvgIpc) is 3.54. The minimum absolute atomic E-state index is 0.114. The predicted octanol–water partition coefficient (Wildman–Crippen LogP) is 2.96. The van der Waals surface area contributed by atoms with Gasteiger partial charge in [0.25, 0.3) is 5.91 Å². The molecular formula is C21H21N7O2S. The van der Waals surface area contributed by atoms with Crippen LogP contribution in [0.1, 0.15) is 21.9 Å². The molecule has 0 unspecified atom stereocenters. The zero-order valence-electron chi connectivity index (χ0n) is 17.2. The van der Waals surface area contributed by atoms with Crippen molar-refractivity contribution in [3.63, 3.8) is 0 Å². The van der Waals surface area contributed by atoms with Gasteiger partial charge in [0.2, 0.25) is 0 Å². The fraction of sp³-hybridized carbons (Fsp3) is 0.286. The van der Waals surface area contributed by atoms with Gasteiger partial charge in [-0.3, -0.25) is 4.79 Å². The van der Waals surface area contributed by atoms with E-state index in [0.717, 1.165) is 27.9 Å². The fourth-order valence-corrected chi connectivity index (χ4v) is 4.37. The molecule has 1 aliphatic rings. The third-order valence-corrected chi connectivity index (χ3v) is 6.13. The first kappa shape index (κ1) is 19.4. The van der Waals surface area contributed by atoms with Gasteiger partial charge in [-0.05, 0) is 31.4 Å². The van der Waals surface area contributed by atoms with Gasteiger partial charge in [0.05, 0.1) is 10.6 Å². The third-order valence-electron chi connectivity index (χ3n) is 5.25. The van der Waals surface area contributed by atoms with Gasteiger partial charge in [-0.15, -0.1) is 11.3 Å². The smallest absolute Gasteiger partial charge is 0.276 e. The van der Waals surface area contributed by atoms with E-state index >= 15 is 0 Å². The van der Waals surface area contributed by atoms with Crippen molar-refractivity contribution in [3.05, 3.63) is 59.1 Å². The van der Waals surface area contributed by atoms with E-state index in [1.54, 1.807) is 28.6 Å². The van der Waals surface area contributed by atoms with Gasteiger partial charge < -0.3 is 14.3 Å². The number of aryl methyl sites for hydroxylation is 2. The molecule has 0 atom stereocenters. The van der Waals surface area contributed by atoms with Crippen LogP contribution in [0.3, 0.4) is 0 Å². The highest BCUT2D eigenvalue weighted by Crippen LogP contribution is 2.26. The highest BCUT2D eigenvalue weighted by atomic mass is 32.1. The molecule has 0 aromatic carbocycles. The molecule has 0 spiro atoms. The van der Waals surface area contributed by atoms with E-state index in [1.165, 1.54) is 0 Å². The van der Waals surface area contributed by atoms with Crippen LogP contribution in [0.15, 0.2) is 46.6 Å². The second-order valence-corrected chi connectivity index (χ2v) is 8.35. The summed E-state index contributed by atoms with van der Waals surface area (Å²) in [5.41, 5.74) is 2.30. The maximum absolute atomic E-state index is 12.9. The van der Waals surface area contributed by atoms with Gasteiger partial charge in [0, 0.05) is 44.0 Å². The first-order valence-electron chi connectivity index (χ1n) is 9.99. The summed E-state index contributed by atoms with van der Waals surface area (Å²) >= 11 is 1.55. The van der Waals surface area contributed by atoms with Crippen molar-refractivity contribution >= 4 is 23.1 Å². The molecule has 0 saturated carbocycles. The molecular weight excluding hydrogens is 414 g/mol. The van der Waals surface area contributed by atoms with E-state index in [-0.39, 0.29) is 5.91 Å². The first-order chi connectivity index (χ1) is 15.1. The molecule has 31 heavy (non-hydrogen) atoms. The van der Waals surface area contributed by atoms with E-state index < -0.39 is 0 Å². The Morgan fingerprint density at radius 2 is 1.87 bits per heavy atom. The topological polar surface area (TPSA) is 93.2 Å². The van der Waals surface area contributed by atoms with Crippen molar-refractivity contribution in [1.29, 1.82) is 0 Å². The normalized spacial score (nSPS) is 14.3. The number of amides is 1. The minimum Gasteiger partial charge on any atom is -0.355 e. The van der Waals surface area contributed by atoms with Crippen molar-refractivity contribution < 1.29 is 9.32 Å². The standard InChI is InChI=1S/C21H21N7O2S/c1-14-10-15(2)28(24-14)20-12-19(22-13-23-20)26-5-7-27(8-6-26)21(29)16-11-17(30-25-16)18-4-3-9-31-18/h3-4,9-13H,5-8H2,1-2H3. The molecule has 0 aliphatic carbocycles. The molecule has 158 valence electrons. The first-order valence-corrected chi connectivity index (χ1v) is 10.9. The van der Waals surface area contributed by atoms with Gasteiger partial charge in [-0.2, -0.15) is 5.10 Å². The summed E-state index contributed by atoms with van der Waals surface area (Å²) in [4.78, 5) is 26.6. The highest BCUT2D eigenvalue weighted by Gasteiger charge is 2.26. The Morgan fingerprint density at radius 1 is 1.06 bits per heavy atom. The van der Waals surface area contributed by atoms with E-state index in [9.17, 15) is 4.79 Å². The van der Waals surface area contributed by atoms with Crippen LogP contribution in [0.5, 0.6) is 0 Å². The molecule has 0 bridgehead atoms. The molecule has 1 fully saturated rings. The lowest BCUT2D eigenvalue weighted by molar-refractivity contribution is 0.0736. The Kier molecular flexibility index (Phi) is 4.99. The van der Waals surface area contributed by atoms with Crippen LogP contribution >= 0.6 is 11.3 Å². The van der Waals surface area contributed by atoms with Gasteiger partial charge >= 0.3 is 0 Å². The number of rotatable bonds is 4. The Morgan fingerprint density at radius 3 is 2.58 bits per heavy atom. The third kappa shape index (κ3) is 3.81. The number of hydrogen-bond donors (Lipinski definition) is 0. The monoisotopic (exact) mass is 435 g/mol. The van der Waals surface area contributed by atoms with Crippen molar-refractivity contribution in [3.8, 4) is 16.5 Å². The highest BCUT2D eigenvalue weighted by molar-refractivity contribution is 7.13. The number of piperazine rings is 1. The second kappa shape index (κ2) is 7.95. The van der Waals surface area contributed by atoms with Crippen LogP contribution in [0.4, 0.5) is 5.82 Å². The SMILES string of the molecule is Cc1cc(C)n(-c2cc(N3CCN(C(=O)c4cc(-c5cccs5)on4)CC3)ncn2)n1. The quantitative estimate of drug-likeness (QED) is 0.486. The average molecular weight is 436 g/mol. The zero-order valence-corrected chi connectivity index (χ0v) is 18.0. The van der Waals surface area contributed by atoms with Gasteiger partial charge in [0.1, 0.15) is 12.1 Å². The largest absolute Gasteiger partial charge is 0.355 e. The van der Waals surface area contributed by atoms with Crippen LogP contribution < -0.4 is 4.90 Å². The Labute approximate surface area is 182 Å². The second-order valence-electron chi connectivity index (χ2n) is 7.41. The lowest BCUT2D eigenvalue weighted by atomic mass is 10.2. The summed E-state index contributed by atoms with van der Waals surface area (Å²) in [6.45, 7) is 6.47. The van der Waals surface area contributed by atoms with Gasteiger partial charge in [0.15, 0.2) is 17.3 Å². The molecule has 4 aromatic rings. The predicted molar refractivity (Wildman–Crippen MR) is 117 cm³/mol. The molecule has 9 nitrogen and oxygen atoms in total. The molecule has 1 aliphatic heterocycles. The number of nitrogens with zero attached hydrogens (tertiary/aromatic N) is 7. The molecule has 0 N–H and O–H groups in total. The Balaban J connectivity index is 1.26. The number of thiophene rings is 1. The Bertz CT molecular complexity index is 1210. The summed E-state index contributed by atoms with van der Waals surface area (Å²) in [7, 11) is 0. The Hall–Kier alpha value is -3.53. The van der Waals surface area contributed by atoms with Crippen LogP contribution in [-0.4, -0.2) is 61.9 Å². The van der Waals surface area contributed by atoms with Crippen LogP contribution in [-0.2, 0) is 0 Å². The summed E-state index contributed by atoms with van der Waals surface area (Å²) in [5, 5.41) is 10.4. The number of carbonyl (C=O) groups excluding carboxylic acids is 1. The number of hydrogen-bond acceptors (Lipinski definition) is 8. The summed E-state index contributed by atoms with van der Waals surface area (Å²) < 4.78 is 7.17. The van der Waals surface area contributed by atoms with Crippen LogP contribution in [0.25, 0.3) is 16.5 Å². The number of aromatic nitrogens is 5. The molecule has 4 aromatic heterocycles.